The fourth-order valence-electron chi connectivity index (χ4n) is 2.70. The van der Waals surface area contributed by atoms with Gasteiger partial charge in [-0.1, -0.05) is 30.3 Å². The monoisotopic (exact) mass is 412 g/mol. The van der Waals surface area contributed by atoms with E-state index in [1.807, 2.05) is 30.3 Å². The predicted molar refractivity (Wildman–Crippen MR) is 103 cm³/mol. The topological polar surface area (TPSA) is 61.2 Å². The van der Waals surface area contributed by atoms with Gasteiger partial charge in [0.05, 0.1) is 11.4 Å². The zero-order chi connectivity index (χ0) is 20.4. The summed E-state index contributed by atoms with van der Waals surface area (Å²) < 4.78 is 58.3. The summed E-state index contributed by atoms with van der Waals surface area (Å²) >= 11 is 0. The lowest BCUT2D eigenvalue weighted by molar-refractivity contribution is 0.464. The molecule has 0 radical (unpaired) electrons. The van der Waals surface area contributed by atoms with E-state index in [-0.39, 0.29) is 10.8 Å². The molecule has 0 unspecified atom stereocenters. The van der Waals surface area contributed by atoms with Crippen molar-refractivity contribution in [2.45, 2.75) is 4.90 Å². The average molecular weight is 412 g/mol. The number of halogens is 2. The molecule has 0 spiro atoms. The van der Waals surface area contributed by atoms with Gasteiger partial charge >= 0.3 is 10.1 Å². The highest BCUT2D eigenvalue weighted by molar-refractivity contribution is 7.87. The average Bonchev–Trinajstić information content (AvgIpc) is 3.12. The van der Waals surface area contributed by atoms with Crippen LogP contribution in [-0.4, -0.2) is 18.2 Å². The number of hydrogen-bond acceptors (Lipinski definition) is 4. The molecule has 5 nitrogen and oxygen atoms in total. The number of aromatic nitrogens is 2. The largest absolute Gasteiger partial charge is 0.358 e. The molecule has 0 atom stereocenters. The summed E-state index contributed by atoms with van der Waals surface area (Å²) in [5.74, 6) is -1.09. The van der Waals surface area contributed by atoms with Crippen molar-refractivity contribution in [1.29, 1.82) is 0 Å². The van der Waals surface area contributed by atoms with Crippen molar-refractivity contribution in [3.8, 4) is 22.8 Å². The smallest absolute Gasteiger partial charge is 0.340 e. The molecule has 1 aromatic heterocycles. The molecule has 0 aliphatic heterocycles. The number of benzene rings is 3. The number of rotatable bonds is 5. The van der Waals surface area contributed by atoms with Crippen molar-refractivity contribution in [1.82, 2.24) is 9.78 Å². The van der Waals surface area contributed by atoms with Crippen LogP contribution in [0.1, 0.15) is 0 Å². The van der Waals surface area contributed by atoms with E-state index in [1.165, 1.54) is 35.0 Å². The molecule has 0 aliphatic carbocycles. The van der Waals surface area contributed by atoms with Crippen LogP contribution in [0.5, 0.6) is 5.88 Å². The lowest BCUT2D eigenvalue weighted by Gasteiger charge is -2.09. The Hall–Kier alpha value is -3.52. The van der Waals surface area contributed by atoms with Gasteiger partial charge in [-0.2, -0.15) is 18.2 Å². The van der Waals surface area contributed by atoms with Crippen LogP contribution < -0.4 is 4.18 Å². The van der Waals surface area contributed by atoms with Crippen molar-refractivity contribution < 1.29 is 21.4 Å². The second kappa shape index (κ2) is 7.48. The van der Waals surface area contributed by atoms with Gasteiger partial charge < -0.3 is 4.18 Å². The first-order valence-corrected chi connectivity index (χ1v) is 9.95. The minimum atomic E-state index is -4.24. The summed E-state index contributed by atoms with van der Waals surface area (Å²) in [5.41, 5.74) is 1.63. The normalized spacial score (nSPS) is 11.4. The van der Waals surface area contributed by atoms with E-state index in [9.17, 15) is 17.2 Å². The molecule has 4 rings (SSSR count). The van der Waals surface area contributed by atoms with E-state index < -0.39 is 21.8 Å². The van der Waals surface area contributed by atoms with E-state index in [1.54, 1.807) is 0 Å². The molecule has 0 bridgehead atoms. The summed E-state index contributed by atoms with van der Waals surface area (Å²) in [4.78, 5) is -0.202. The zero-order valence-electron chi connectivity index (χ0n) is 14.9. The van der Waals surface area contributed by atoms with Crippen molar-refractivity contribution in [3.63, 3.8) is 0 Å². The van der Waals surface area contributed by atoms with E-state index in [2.05, 4.69) is 5.10 Å². The van der Waals surface area contributed by atoms with Gasteiger partial charge in [0.2, 0.25) is 5.88 Å². The van der Waals surface area contributed by atoms with Gasteiger partial charge in [0.1, 0.15) is 16.5 Å². The van der Waals surface area contributed by atoms with Crippen molar-refractivity contribution in [2.75, 3.05) is 0 Å². The molecule has 3 aromatic carbocycles. The summed E-state index contributed by atoms with van der Waals surface area (Å²) in [5, 5.41) is 4.42. The Morgan fingerprint density at radius 2 is 1.38 bits per heavy atom. The highest BCUT2D eigenvalue weighted by atomic mass is 32.2. The van der Waals surface area contributed by atoms with Crippen molar-refractivity contribution >= 4 is 10.1 Å². The summed E-state index contributed by atoms with van der Waals surface area (Å²) in [7, 11) is -4.24. The molecule has 0 fully saturated rings. The van der Waals surface area contributed by atoms with Gasteiger partial charge in [-0.15, -0.1) is 0 Å². The summed E-state index contributed by atoms with van der Waals surface area (Å²) in [6, 6.07) is 20.2. The molecule has 0 amide bonds. The van der Waals surface area contributed by atoms with Crippen LogP contribution in [0, 0.1) is 11.6 Å². The highest BCUT2D eigenvalue weighted by Crippen LogP contribution is 2.28. The molecule has 0 aliphatic rings. The first-order chi connectivity index (χ1) is 13.9. The molecule has 0 N–H and O–H groups in total. The van der Waals surface area contributed by atoms with Crippen LogP contribution in [0.15, 0.2) is 89.8 Å². The van der Waals surface area contributed by atoms with Crippen LogP contribution in [-0.2, 0) is 10.1 Å². The maximum atomic E-state index is 13.3. The summed E-state index contributed by atoms with van der Waals surface area (Å²) in [6.07, 6.45) is 0. The Labute approximate surface area is 165 Å². The SMILES string of the molecule is O=S(=O)(Oc1cc(-c2ccccc2)nn1-c1ccc(F)cc1)c1ccc(F)cc1. The second-order valence-corrected chi connectivity index (χ2v) is 7.66. The van der Waals surface area contributed by atoms with Gasteiger partial charge in [0.15, 0.2) is 0 Å². The van der Waals surface area contributed by atoms with E-state index >= 15 is 0 Å². The third-order valence-electron chi connectivity index (χ3n) is 4.11. The molecule has 0 saturated heterocycles. The van der Waals surface area contributed by atoms with Crippen LogP contribution in [0.2, 0.25) is 0 Å². The molecule has 1 heterocycles. The fourth-order valence-corrected chi connectivity index (χ4v) is 3.61. The lowest BCUT2D eigenvalue weighted by atomic mass is 10.2. The second-order valence-electron chi connectivity index (χ2n) is 6.11. The Morgan fingerprint density at radius 1 is 0.793 bits per heavy atom. The highest BCUT2D eigenvalue weighted by Gasteiger charge is 2.22. The molecule has 4 aromatic rings. The molecule has 8 heteroatoms. The van der Waals surface area contributed by atoms with E-state index in [0.29, 0.717) is 11.4 Å². The maximum Gasteiger partial charge on any atom is 0.340 e. The van der Waals surface area contributed by atoms with Crippen molar-refractivity contribution in [2.24, 2.45) is 0 Å². The van der Waals surface area contributed by atoms with Gasteiger partial charge in [0, 0.05) is 11.6 Å². The first kappa shape index (κ1) is 18.8. The van der Waals surface area contributed by atoms with E-state index in [0.717, 1.165) is 29.8 Å². The third kappa shape index (κ3) is 4.02. The van der Waals surface area contributed by atoms with Crippen LogP contribution in [0.25, 0.3) is 16.9 Å². The van der Waals surface area contributed by atoms with Gasteiger partial charge in [-0.25, -0.2) is 8.78 Å². The molecular weight excluding hydrogens is 398 g/mol. The van der Waals surface area contributed by atoms with E-state index in [4.69, 9.17) is 4.18 Å². The lowest BCUT2D eigenvalue weighted by Crippen LogP contribution is -2.12. The van der Waals surface area contributed by atoms with Crippen LogP contribution in [0.3, 0.4) is 0 Å². The molecular formula is C21H14F2N2O3S. The quantitative estimate of drug-likeness (QED) is 0.450. The van der Waals surface area contributed by atoms with Crippen molar-refractivity contribution in [3.05, 3.63) is 96.6 Å². The predicted octanol–water partition coefficient (Wildman–Crippen LogP) is 4.59. The maximum absolute atomic E-state index is 13.3. The number of nitrogens with zero attached hydrogens (tertiary/aromatic N) is 2. The van der Waals surface area contributed by atoms with Gasteiger partial charge in [-0.05, 0) is 48.5 Å². The van der Waals surface area contributed by atoms with Gasteiger partial charge in [-0.3, -0.25) is 0 Å². The Morgan fingerprint density at radius 3 is 2.00 bits per heavy atom. The first-order valence-electron chi connectivity index (χ1n) is 8.54. The van der Waals surface area contributed by atoms with Crippen LogP contribution in [0.4, 0.5) is 8.78 Å². The molecule has 29 heavy (non-hydrogen) atoms. The Balaban J connectivity index is 1.79. The third-order valence-corrected chi connectivity index (χ3v) is 5.35. The minimum absolute atomic E-state index is 0.0835. The zero-order valence-corrected chi connectivity index (χ0v) is 15.7. The minimum Gasteiger partial charge on any atom is -0.358 e. The summed E-state index contributed by atoms with van der Waals surface area (Å²) in [6.45, 7) is 0. The van der Waals surface area contributed by atoms with Gasteiger partial charge in [0.25, 0.3) is 0 Å². The Kier molecular flexibility index (Phi) is 4.85. The molecule has 0 saturated carbocycles. The molecule has 146 valence electrons. The number of hydrogen-bond donors (Lipinski definition) is 0. The standard InChI is InChI=1S/C21H14F2N2O3S/c22-16-6-10-18(11-7-16)25-21(14-20(24-25)15-4-2-1-3-5-15)28-29(26,27)19-12-8-17(23)9-13-19/h1-14H. The Bertz CT molecular complexity index is 1240. The van der Waals surface area contributed by atoms with Crippen LogP contribution >= 0.6 is 0 Å². The fraction of sp³-hybridized carbons (Fsp3) is 0.